The molecule has 2 aliphatic rings. The van der Waals surface area contributed by atoms with Crippen LogP contribution < -0.4 is 0 Å². The monoisotopic (exact) mass is 528 g/mol. The molecular formula is C27H33BrN2O4. The minimum Gasteiger partial charge on any atom is -0.444 e. The highest BCUT2D eigenvalue weighted by Crippen LogP contribution is 2.34. The molecule has 0 aromatic heterocycles. The summed E-state index contributed by atoms with van der Waals surface area (Å²) in [5.41, 5.74) is 3.26. The Morgan fingerprint density at radius 3 is 2.59 bits per heavy atom. The van der Waals surface area contributed by atoms with E-state index in [2.05, 4.69) is 22.9 Å². The fourth-order valence-electron chi connectivity index (χ4n) is 4.95. The zero-order valence-electron chi connectivity index (χ0n) is 20.3. The second kappa shape index (κ2) is 9.70. The van der Waals surface area contributed by atoms with Gasteiger partial charge in [-0.1, -0.05) is 47.1 Å². The summed E-state index contributed by atoms with van der Waals surface area (Å²) in [6.45, 7) is 8.70. The predicted molar refractivity (Wildman–Crippen MR) is 135 cm³/mol. The van der Waals surface area contributed by atoms with Crippen molar-refractivity contribution in [2.24, 2.45) is 0 Å². The minimum absolute atomic E-state index is 0.0775. The summed E-state index contributed by atoms with van der Waals surface area (Å²) in [6, 6.07) is 13.2. The highest BCUT2D eigenvalue weighted by molar-refractivity contribution is 9.10. The lowest BCUT2D eigenvalue weighted by Crippen LogP contribution is -2.55. The van der Waals surface area contributed by atoms with Crippen molar-refractivity contribution in [1.82, 2.24) is 9.80 Å². The summed E-state index contributed by atoms with van der Waals surface area (Å²) in [4.78, 5) is 29.8. The average Bonchev–Trinajstić information content (AvgIpc) is 2.78. The molecule has 0 radical (unpaired) electrons. The largest absolute Gasteiger partial charge is 0.444 e. The standard InChI is InChI=1S/C27H33BrN2O4/c1-5-17-14-29(25(32)21-11-10-20(28)13-22(17)21)16-24(31)23-12-18-8-6-7-9-19(18)15-30(23)26(33)34-27(2,3)4/h6-11,13,17,23-24,31H,5,12,14-16H2,1-4H3/t17-,23-,24-/m0/s1. The zero-order chi connectivity index (χ0) is 24.6. The van der Waals surface area contributed by atoms with Crippen LogP contribution in [0.5, 0.6) is 0 Å². The molecule has 0 saturated heterocycles. The number of carbonyl (C=O) groups excluding carboxylic acids is 2. The van der Waals surface area contributed by atoms with Crippen molar-refractivity contribution < 1.29 is 19.4 Å². The quantitative estimate of drug-likeness (QED) is 0.597. The first-order valence-corrected chi connectivity index (χ1v) is 12.7. The van der Waals surface area contributed by atoms with E-state index >= 15 is 0 Å². The van der Waals surface area contributed by atoms with Crippen molar-refractivity contribution in [2.45, 2.75) is 70.7 Å². The number of amides is 2. The van der Waals surface area contributed by atoms with E-state index in [1.54, 1.807) is 9.80 Å². The second-order valence-electron chi connectivity index (χ2n) is 10.3. The lowest BCUT2D eigenvalue weighted by molar-refractivity contribution is -0.0185. The van der Waals surface area contributed by atoms with Gasteiger partial charge >= 0.3 is 6.09 Å². The molecule has 0 spiro atoms. The molecule has 2 aliphatic heterocycles. The molecule has 3 atom stereocenters. The predicted octanol–water partition coefficient (Wildman–Crippen LogP) is 5.12. The summed E-state index contributed by atoms with van der Waals surface area (Å²) >= 11 is 3.51. The van der Waals surface area contributed by atoms with Crippen LogP contribution >= 0.6 is 15.9 Å². The molecule has 0 aliphatic carbocycles. The lowest BCUT2D eigenvalue weighted by Gasteiger charge is -2.42. The first-order chi connectivity index (χ1) is 16.1. The number of fused-ring (bicyclic) bond motifs is 2. The number of halogens is 1. The van der Waals surface area contributed by atoms with Crippen LogP contribution in [-0.4, -0.2) is 57.7 Å². The highest BCUT2D eigenvalue weighted by Gasteiger charge is 2.39. The number of ether oxygens (including phenoxy) is 1. The van der Waals surface area contributed by atoms with Crippen LogP contribution in [0, 0.1) is 0 Å². The Balaban J connectivity index is 1.58. The van der Waals surface area contributed by atoms with Crippen molar-refractivity contribution in [1.29, 1.82) is 0 Å². The van der Waals surface area contributed by atoms with E-state index in [0.717, 1.165) is 27.6 Å². The number of hydrogen-bond acceptors (Lipinski definition) is 4. The van der Waals surface area contributed by atoms with E-state index in [9.17, 15) is 14.7 Å². The van der Waals surface area contributed by atoms with E-state index in [0.29, 0.717) is 25.1 Å². The summed E-state index contributed by atoms with van der Waals surface area (Å²) < 4.78 is 6.62. The number of hydrogen-bond donors (Lipinski definition) is 1. The summed E-state index contributed by atoms with van der Waals surface area (Å²) in [6.07, 6.45) is 0.0563. The Hall–Kier alpha value is -2.38. The molecule has 0 fully saturated rings. The van der Waals surface area contributed by atoms with Crippen LogP contribution in [0.4, 0.5) is 4.79 Å². The number of β-amino-alcohol motifs (C(OH)–C–C–N with tert-alkyl or cyclic N) is 1. The Bertz CT molecular complexity index is 1080. The van der Waals surface area contributed by atoms with E-state index in [-0.39, 0.29) is 18.4 Å². The minimum atomic E-state index is -0.903. The molecule has 0 unspecified atom stereocenters. The first kappa shape index (κ1) is 24.7. The van der Waals surface area contributed by atoms with Gasteiger partial charge in [-0.2, -0.15) is 0 Å². The molecular weight excluding hydrogens is 496 g/mol. The molecule has 182 valence electrons. The second-order valence-corrected chi connectivity index (χ2v) is 11.2. The molecule has 1 N–H and O–H groups in total. The number of benzene rings is 2. The Labute approximate surface area is 210 Å². The van der Waals surface area contributed by atoms with Crippen LogP contribution in [0.25, 0.3) is 0 Å². The maximum absolute atomic E-state index is 13.3. The maximum Gasteiger partial charge on any atom is 0.410 e. The first-order valence-electron chi connectivity index (χ1n) is 11.9. The number of carbonyl (C=O) groups is 2. The Morgan fingerprint density at radius 2 is 1.91 bits per heavy atom. The normalized spacial score (nSPS) is 21.1. The summed E-state index contributed by atoms with van der Waals surface area (Å²) in [5, 5.41) is 11.4. The van der Waals surface area contributed by atoms with Gasteiger partial charge in [-0.3, -0.25) is 9.69 Å². The van der Waals surface area contributed by atoms with E-state index in [1.165, 1.54) is 0 Å². The van der Waals surface area contributed by atoms with E-state index in [4.69, 9.17) is 4.74 Å². The number of nitrogens with zero attached hydrogens (tertiary/aromatic N) is 2. The summed E-state index contributed by atoms with van der Waals surface area (Å²) in [5.74, 6) is 0.123. The van der Waals surface area contributed by atoms with Crippen molar-refractivity contribution in [3.63, 3.8) is 0 Å². The van der Waals surface area contributed by atoms with Gasteiger partial charge < -0.3 is 14.7 Å². The maximum atomic E-state index is 13.3. The molecule has 2 aromatic carbocycles. The third-order valence-corrected chi connectivity index (χ3v) is 7.17. The fourth-order valence-corrected chi connectivity index (χ4v) is 5.33. The van der Waals surface area contributed by atoms with Gasteiger partial charge in [-0.25, -0.2) is 4.79 Å². The third-order valence-electron chi connectivity index (χ3n) is 6.67. The Morgan fingerprint density at radius 1 is 1.21 bits per heavy atom. The van der Waals surface area contributed by atoms with Crippen molar-refractivity contribution in [3.05, 3.63) is 69.2 Å². The molecule has 2 amide bonds. The lowest BCUT2D eigenvalue weighted by atomic mass is 9.86. The highest BCUT2D eigenvalue weighted by atomic mass is 79.9. The number of rotatable bonds is 4. The van der Waals surface area contributed by atoms with E-state index < -0.39 is 23.8 Å². The molecule has 2 heterocycles. The van der Waals surface area contributed by atoms with Crippen molar-refractivity contribution in [3.8, 4) is 0 Å². The van der Waals surface area contributed by atoms with Crippen LogP contribution in [0.1, 0.15) is 67.1 Å². The van der Waals surface area contributed by atoms with Crippen LogP contribution in [0.3, 0.4) is 0 Å². The van der Waals surface area contributed by atoms with E-state index in [1.807, 2.05) is 63.2 Å². The van der Waals surface area contributed by atoms with Gasteiger partial charge in [-0.15, -0.1) is 0 Å². The summed E-state index contributed by atoms with van der Waals surface area (Å²) in [7, 11) is 0. The fraction of sp³-hybridized carbons (Fsp3) is 0.481. The van der Waals surface area contributed by atoms with Gasteiger partial charge in [0.05, 0.1) is 12.1 Å². The zero-order valence-corrected chi connectivity index (χ0v) is 21.8. The topological polar surface area (TPSA) is 70.1 Å². The van der Waals surface area contributed by atoms with Gasteiger partial charge in [0, 0.05) is 35.6 Å². The molecule has 6 nitrogen and oxygen atoms in total. The molecule has 0 bridgehead atoms. The molecule has 4 rings (SSSR count). The van der Waals surface area contributed by atoms with Crippen molar-refractivity contribution >= 4 is 27.9 Å². The van der Waals surface area contributed by atoms with Gasteiger partial charge in [-0.05, 0) is 68.5 Å². The Kier molecular flexibility index (Phi) is 7.06. The number of aliphatic hydroxyl groups excluding tert-OH is 1. The average molecular weight is 529 g/mol. The van der Waals surface area contributed by atoms with Crippen LogP contribution in [0.2, 0.25) is 0 Å². The molecule has 2 aromatic rings. The van der Waals surface area contributed by atoms with Gasteiger partial charge in [0.15, 0.2) is 0 Å². The van der Waals surface area contributed by atoms with Gasteiger partial charge in [0.1, 0.15) is 5.60 Å². The smallest absolute Gasteiger partial charge is 0.410 e. The van der Waals surface area contributed by atoms with Crippen LogP contribution in [-0.2, 0) is 17.7 Å². The SMILES string of the molecule is CC[C@H]1CN(C[C@H](O)[C@@H]2Cc3ccccc3CN2C(=O)OC(C)(C)C)C(=O)c2ccc(Br)cc21. The van der Waals surface area contributed by atoms with Gasteiger partial charge in [0.2, 0.25) is 0 Å². The van der Waals surface area contributed by atoms with Gasteiger partial charge in [0.25, 0.3) is 5.91 Å². The molecule has 34 heavy (non-hydrogen) atoms. The van der Waals surface area contributed by atoms with Crippen LogP contribution in [0.15, 0.2) is 46.9 Å². The number of aliphatic hydroxyl groups is 1. The third kappa shape index (κ3) is 5.15. The molecule has 0 saturated carbocycles. The van der Waals surface area contributed by atoms with Crippen molar-refractivity contribution in [2.75, 3.05) is 13.1 Å². The molecule has 7 heteroatoms.